The van der Waals surface area contributed by atoms with E-state index in [2.05, 4.69) is 11.8 Å². The van der Waals surface area contributed by atoms with Gasteiger partial charge in [-0.2, -0.15) is 0 Å². The highest BCUT2D eigenvalue weighted by Gasteiger charge is 2.16. The zero-order valence-corrected chi connectivity index (χ0v) is 13.3. The molecule has 0 unspecified atom stereocenters. The molecular weight excluding hydrogens is 266 g/mol. The van der Waals surface area contributed by atoms with Gasteiger partial charge in [0, 0.05) is 25.1 Å². The van der Waals surface area contributed by atoms with Crippen LogP contribution in [0.2, 0.25) is 0 Å². The lowest BCUT2D eigenvalue weighted by molar-refractivity contribution is 0.0424. The van der Waals surface area contributed by atoms with Gasteiger partial charge in [0.05, 0.1) is 19.3 Å². The van der Waals surface area contributed by atoms with E-state index in [-0.39, 0.29) is 6.61 Å². The molecular formula is C17H25NO3. The Morgan fingerprint density at radius 1 is 1.33 bits per heavy atom. The molecule has 0 spiro atoms. The molecule has 0 fully saturated rings. The van der Waals surface area contributed by atoms with E-state index in [1.807, 2.05) is 30.1 Å². The molecule has 0 aliphatic heterocycles. The van der Waals surface area contributed by atoms with E-state index in [1.54, 1.807) is 21.0 Å². The Bertz CT molecular complexity index is 509. The molecule has 21 heavy (non-hydrogen) atoms. The molecule has 1 aromatic rings. The number of nitrogens with zero attached hydrogens (tertiary/aromatic N) is 1. The van der Waals surface area contributed by atoms with E-state index in [1.165, 1.54) is 0 Å². The summed E-state index contributed by atoms with van der Waals surface area (Å²) in [5, 5.41) is 18.7. The van der Waals surface area contributed by atoms with E-state index >= 15 is 0 Å². The number of methoxy groups -OCH3 is 1. The molecule has 4 nitrogen and oxygen atoms in total. The van der Waals surface area contributed by atoms with Crippen molar-refractivity contribution in [3.8, 4) is 17.6 Å². The highest BCUT2D eigenvalue weighted by Crippen LogP contribution is 2.19. The SMILES string of the molecule is COc1ccc(C#CCCO)c(CN(C)CC(C)(C)O)c1. The summed E-state index contributed by atoms with van der Waals surface area (Å²) in [6.45, 7) is 4.88. The van der Waals surface area contributed by atoms with Gasteiger partial charge < -0.3 is 14.9 Å². The molecule has 0 saturated carbocycles. The van der Waals surface area contributed by atoms with Gasteiger partial charge in [-0.05, 0) is 44.7 Å². The predicted octanol–water partition coefficient (Wildman–Crippen LogP) is 1.63. The third-order valence-electron chi connectivity index (χ3n) is 2.87. The average molecular weight is 291 g/mol. The summed E-state index contributed by atoms with van der Waals surface area (Å²) in [6.07, 6.45) is 0.463. The molecule has 0 heterocycles. The number of hydrogen-bond donors (Lipinski definition) is 2. The lowest BCUT2D eigenvalue weighted by atomic mass is 10.1. The Hall–Kier alpha value is -1.54. The molecule has 0 aliphatic carbocycles. The van der Waals surface area contributed by atoms with E-state index in [0.29, 0.717) is 19.5 Å². The van der Waals surface area contributed by atoms with Gasteiger partial charge in [-0.3, -0.25) is 4.90 Å². The summed E-state index contributed by atoms with van der Waals surface area (Å²) in [5.41, 5.74) is 1.23. The van der Waals surface area contributed by atoms with Crippen molar-refractivity contribution in [2.75, 3.05) is 27.3 Å². The van der Waals surface area contributed by atoms with Crippen LogP contribution in [-0.4, -0.2) is 48.0 Å². The van der Waals surface area contributed by atoms with Crippen LogP contribution in [-0.2, 0) is 6.54 Å². The average Bonchev–Trinajstić information content (AvgIpc) is 2.38. The van der Waals surface area contributed by atoms with Crippen LogP contribution in [0.3, 0.4) is 0 Å². The molecule has 1 rings (SSSR count). The fraction of sp³-hybridized carbons (Fsp3) is 0.529. The summed E-state index contributed by atoms with van der Waals surface area (Å²) in [6, 6.07) is 5.77. The summed E-state index contributed by atoms with van der Waals surface area (Å²) >= 11 is 0. The molecule has 4 heteroatoms. The first-order valence-electron chi connectivity index (χ1n) is 7.03. The van der Waals surface area contributed by atoms with Gasteiger partial charge in [0.15, 0.2) is 0 Å². The van der Waals surface area contributed by atoms with Crippen LogP contribution in [0.15, 0.2) is 18.2 Å². The van der Waals surface area contributed by atoms with Crippen molar-refractivity contribution in [1.29, 1.82) is 0 Å². The maximum absolute atomic E-state index is 9.89. The quantitative estimate of drug-likeness (QED) is 0.782. The van der Waals surface area contributed by atoms with Gasteiger partial charge in [0.25, 0.3) is 0 Å². The molecule has 0 aliphatic rings. The van der Waals surface area contributed by atoms with Gasteiger partial charge in [-0.15, -0.1) is 0 Å². The molecule has 0 aromatic heterocycles. The first kappa shape index (κ1) is 17.5. The third-order valence-corrected chi connectivity index (χ3v) is 2.87. The molecule has 0 atom stereocenters. The van der Waals surface area contributed by atoms with Crippen LogP contribution in [0.1, 0.15) is 31.4 Å². The Labute approximate surface area is 127 Å². The lowest BCUT2D eigenvalue weighted by Crippen LogP contribution is -2.35. The maximum Gasteiger partial charge on any atom is 0.119 e. The number of benzene rings is 1. The van der Waals surface area contributed by atoms with E-state index in [4.69, 9.17) is 9.84 Å². The van der Waals surface area contributed by atoms with E-state index in [0.717, 1.165) is 16.9 Å². The zero-order chi connectivity index (χ0) is 15.9. The Morgan fingerprint density at radius 2 is 2.05 bits per heavy atom. The number of hydrogen-bond acceptors (Lipinski definition) is 4. The minimum atomic E-state index is -0.740. The second kappa shape index (κ2) is 8.04. The number of rotatable bonds is 6. The van der Waals surface area contributed by atoms with Crippen LogP contribution < -0.4 is 4.74 Å². The smallest absolute Gasteiger partial charge is 0.119 e. The fourth-order valence-electron chi connectivity index (χ4n) is 2.17. The highest BCUT2D eigenvalue weighted by molar-refractivity contribution is 5.45. The molecule has 116 valence electrons. The standard InChI is InChI=1S/C17H25NO3/c1-17(2,20)13-18(3)12-15-11-16(21-4)9-8-14(15)7-5-6-10-19/h8-9,11,19-20H,6,10,12-13H2,1-4H3. The summed E-state index contributed by atoms with van der Waals surface area (Å²) in [4.78, 5) is 2.05. The fourth-order valence-corrected chi connectivity index (χ4v) is 2.17. The van der Waals surface area contributed by atoms with Crippen molar-refractivity contribution in [3.63, 3.8) is 0 Å². The van der Waals surface area contributed by atoms with Crippen LogP contribution in [0, 0.1) is 11.8 Å². The van der Waals surface area contributed by atoms with Crippen molar-refractivity contribution in [3.05, 3.63) is 29.3 Å². The second-order valence-electron chi connectivity index (χ2n) is 5.78. The Kier molecular flexibility index (Phi) is 6.70. The van der Waals surface area contributed by atoms with Crippen molar-refractivity contribution < 1.29 is 14.9 Å². The topological polar surface area (TPSA) is 52.9 Å². The highest BCUT2D eigenvalue weighted by atomic mass is 16.5. The minimum Gasteiger partial charge on any atom is -0.497 e. The lowest BCUT2D eigenvalue weighted by Gasteiger charge is -2.26. The molecule has 0 radical (unpaired) electrons. The van der Waals surface area contributed by atoms with Crippen molar-refractivity contribution in [2.24, 2.45) is 0 Å². The molecule has 0 amide bonds. The summed E-state index contributed by atoms with van der Waals surface area (Å²) in [7, 11) is 3.60. The maximum atomic E-state index is 9.89. The number of likely N-dealkylation sites (N-methyl/N-ethyl adjacent to an activating group) is 1. The van der Waals surface area contributed by atoms with Gasteiger partial charge in [-0.25, -0.2) is 0 Å². The van der Waals surface area contributed by atoms with Gasteiger partial charge >= 0.3 is 0 Å². The summed E-state index contributed by atoms with van der Waals surface area (Å²) < 4.78 is 5.26. The van der Waals surface area contributed by atoms with Crippen molar-refractivity contribution in [2.45, 2.75) is 32.4 Å². The zero-order valence-electron chi connectivity index (χ0n) is 13.3. The van der Waals surface area contributed by atoms with Crippen LogP contribution in [0.4, 0.5) is 0 Å². The molecule has 0 saturated heterocycles. The van der Waals surface area contributed by atoms with Crippen LogP contribution in [0.5, 0.6) is 5.75 Å². The number of ether oxygens (including phenoxy) is 1. The minimum absolute atomic E-state index is 0.0666. The van der Waals surface area contributed by atoms with Gasteiger partial charge in [0.2, 0.25) is 0 Å². The molecule has 0 bridgehead atoms. The second-order valence-corrected chi connectivity index (χ2v) is 5.78. The monoisotopic (exact) mass is 291 g/mol. The Morgan fingerprint density at radius 3 is 2.62 bits per heavy atom. The third kappa shape index (κ3) is 6.63. The van der Waals surface area contributed by atoms with Crippen LogP contribution in [0.25, 0.3) is 0 Å². The van der Waals surface area contributed by atoms with E-state index in [9.17, 15) is 5.11 Å². The number of aliphatic hydroxyl groups excluding tert-OH is 1. The Balaban J connectivity index is 2.94. The molecule has 1 aromatic carbocycles. The van der Waals surface area contributed by atoms with Crippen LogP contribution >= 0.6 is 0 Å². The first-order valence-corrected chi connectivity index (χ1v) is 7.03. The predicted molar refractivity (Wildman–Crippen MR) is 84.2 cm³/mol. The largest absolute Gasteiger partial charge is 0.497 e. The van der Waals surface area contributed by atoms with Gasteiger partial charge in [-0.1, -0.05) is 11.8 Å². The van der Waals surface area contributed by atoms with Crippen molar-refractivity contribution in [1.82, 2.24) is 4.90 Å². The molecule has 2 N–H and O–H groups in total. The number of aliphatic hydroxyl groups is 2. The van der Waals surface area contributed by atoms with Gasteiger partial charge in [0.1, 0.15) is 5.75 Å². The normalized spacial score (nSPS) is 11.2. The summed E-state index contributed by atoms with van der Waals surface area (Å²) in [5.74, 6) is 6.81. The first-order chi connectivity index (χ1) is 9.85. The van der Waals surface area contributed by atoms with Crippen molar-refractivity contribution >= 4 is 0 Å². The van der Waals surface area contributed by atoms with E-state index < -0.39 is 5.60 Å².